The number of halogens is 3. The summed E-state index contributed by atoms with van der Waals surface area (Å²) in [6.07, 6.45) is 0.760. The molecular weight excluding hydrogens is 295 g/mol. The molecule has 20 heavy (non-hydrogen) atoms. The molecule has 0 aromatic heterocycles. The predicted octanol–water partition coefficient (Wildman–Crippen LogP) is 2.45. The number of hydrogen-bond donors (Lipinski definition) is 0. The van der Waals surface area contributed by atoms with E-state index in [1.54, 1.807) is 14.2 Å². The normalized spacial score (nSPS) is 12.4. The average molecular weight is 311 g/mol. The molecule has 0 aliphatic carbocycles. The monoisotopic (exact) mass is 311 g/mol. The summed E-state index contributed by atoms with van der Waals surface area (Å²) in [7, 11) is -1.93. The molecule has 0 fully saturated rings. The van der Waals surface area contributed by atoms with E-state index in [2.05, 4.69) is 0 Å². The number of hydrogen-bond acceptors (Lipinski definition) is 4. The third kappa shape index (κ3) is 3.86. The number of ether oxygens (including phenoxy) is 1. The summed E-state index contributed by atoms with van der Waals surface area (Å²) in [4.78, 5) is 1.06. The second kappa shape index (κ2) is 6.45. The third-order valence-electron chi connectivity index (χ3n) is 2.73. The molecule has 1 aromatic rings. The van der Waals surface area contributed by atoms with Gasteiger partial charge in [0.15, 0.2) is 0 Å². The van der Waals surface area contributed by atoms with Gasteiger partial charge in [0.25, 0.3) is 9.84 Å². The highest BCUT2D eigenvalue weighted by atomic mass is 32.2. The summed E-state index contributed by atoms with van der Waals surface area (Å²) < 4.78 is 64.4. The zero-order valence-corrected chi connectivity index (χ0v) is 12.0. The molecule has 0 aliphatic rings. The van der Waals surface area contributed by atoms with E-state index in [4.69, 9.17) is 4.74 Å². The first kappa shape index (κ1) is 16.8. The number of anilines is 1. The van der Waals surface area contributed by atoms with Crippen molar-refractivity contribution in [3.63, 3.8) is 0 Å². The summed E-state index contributed by atoms with van der Waals surface area (Å²) in [5.74, 6) is 0. The topological polar surface area (TPSA) is 46.6 Å². The van der Waals surface area contributed by atoms with E-state index in [1.807, 2.05) is 4.90 Å². The Kier molecular flexibility index (Phi) is 5.41. The van der Waals surface area contributed by atoms with Crippen LogP contribution in [0.1, 0.15) is 6.42 Å². The minimum atomic E-state index is -5.28. The van der Waals surface area contributed by atoms with E-state index in [9.17, 15) is 21.6 Å². The smallest absolute Gasteiger partial charge is 0.385 e. The second-order valence-electron chi connectivity index (χ2n) is 4.21. The van der Waals surface area contributed by atoms with Gasteiger partial charge < -0.3 is 9.64 Å². The number of nitrogens with zero attached hydrogens (tertiary/aromatic N) is 1. The average Bonchev–Trinajstić information content (AvgIpc) is 2.37. The van der Waals surface area contributed by atoms with Gasteiger partial charge in [-0.05, 0) is 30.7 Å². The van der Waals surface area contributed by atoms with Gasteiger partial charge in [-0.2, -0.15) is 13.2 Å². The lowest BCUT2D eigenvalue weighted by molar-refractivity contribution is -0.0436. The zero-order chi connectivity index (χ0) is 15.4. The zero-order valence-electron chi connectivity index (χ0n) is 11.1. The highest BCUT2D eigenvalue weighted by Gasteiger charge is 2.46. The Labute approximate surface area is 116 Å². The van der Waals surface area contributed by atoms with Gasteiger partial charge in [0.2, 0.25) is 0 Å². The predicted molar refractivity (Wildman–Crippen MR) is 69.4 cm³/mol. The Hall–Kier alpha value is -1.28. The Morgan fingerprint density at radius 2 is 1.75 bits per heavy atom. The quantitative estimate of drug-likeness (QED) is 0.757. The first-order valence-electron chi connectivity index (χ1n) is 5.81. The Bertz CT molecular complexity index is 526. The Morgan fingerprint density at radius 3 is 2.20 bits per heavy atom. The van der Waals surface area contributed by atoms with Crippen molar-refractivity contribution in [3.05, 3.63) is 24.3 Å². The molecule has 4 nitrogen and oxygen atoms in total. The maximum atomic E-state index is 12.4. The first-order valence-corrected chi connectivity index (χ1v) is 7.30. The molecule has 114 valence electrons. The van der Waals surface area contributed by atoms with Crippen LogP contribution in [0.15, 0.2) is 29.2 Å². The van der Waals surface area contributed by atoms with Crippen molar-refractivity contribution in [2.45, 2.75) is 16.8 Å². The number of alkyl halides is 3. The van der Waals surface area contributed by atoms with Crippen molar-refractivity contribution in [2.24, 2.45) is 0 Å². The third-order valence-corrected chi connectivity index (χ3v) is 4.24. The fraction of sp³-hybridized carbons (Fsp3) is 0.500. The lowest BCUT2D eigenvalue weighted by Crippen LogP contribution is -2.23. The molecular formula is C12H16F3NO3S. The second-order valence-corrected chi connectivity index (χ2v) is 6.15. The lowest BCUT2D eigenvalue weighted by Gasteiger charge is -2.19. The molecule has 1 rings (SSSR count). The van der Waals surface area contributed by atoms with E-state index >= 15 is 0 Å². The standard InChI is InChI=1S/C12H16F3NO3S/c1-16(8-3-9-19-2)10-4-6-11(7-5-10)20(17,18)12(13,14)15/h4-7H,3,8-9H2,1-2H3. The highest BCUT2D eigenvalue weighted by Crippen LogP contribution is 2.30. The van der Waals surface area contributed by atoms with Crippen molar-refractivity contribution >= 4 is 15.5 Å². The van der Waals surface area contributed by atoms with Crippen LogP contribution in [0.4, 0.5) is 18.9 Å². The van der Waals surface area contributed by atoms with Crippen LogP contribution in [-0.4, -0.2) is 41.2 Å². The van der Waals surface area contributed by atoms with Gasteiger partial charge in [-0.15, -0.1) is 0 Å². The molecule has 0 spiro atoms. The summed E-state index contributed by atoms with van der Waals surface area (Å²) in [5, 5.41) is 0. The van der Waals surface area contributed by atoms with Crippen LogP contribution >= 0.6 is 0 Å². The van der Waals surface area contributed by atoms with Crippen molar-refractivity contribution in [3.8, 4) is 0 Å². The summed E-state index contributed by atoms with van der Waals surface area (Å²) in [6.45, 7) is 1.23. The van der Waals surface area contributed by atoms with Crippen LogP contribution in [-0.2, 0) is 14.6 Å². The van der Waals surface area contributed by atoms with Gasteiger partial charge in [0.05, 0.1) is 4.90 Å². The van der Waals surface area contributed by atoms with Gasteiger partial charge >= 0.3 is 5.51 Å². The molecule has 0 unspecified atom stereocenters. The summed E-state index contributed by atoms with van der Waals surface area (Å²) in [6, 6.07) is 4.63. The van der Waals surface area contributed by atoms with Gasteiger partial charge in [0, 0.05) is 33.0 Å². The maximum absolute atomic E-state index is 12.4. The molecule has 0 saturated carbocycles. The van der Waals surface area contributed by atoms with Gasteiger partial charge in [0.1, 0.15) is 0 Å². The lowest BCUT2D eigenvalue weighted by atomic mass is 10.3. The Balaban J connectivity index is 2.84. The van der Waals surface area contributed by atoms with Gasteiger partial charge in [-0.1, -0.05) is 0 Å². The van der Waals surface area contributed by atoms with Crippen LogP contribution < -0.4 is 4.90 Å². The fourth-order valence-corrected chi connectivity index (χ4v) is 2.35. The molecule has 0 heterocycles. The van der Waals surface area contributed by atoms with Crippen LogP contribution in [0.25, 0.3) is 0 Å². The number of sulfone groups is 1. The molecule has 0 N–H and O–H groups in total. The van der Waals surface area contributed by atoms with E-state index in [-0.39, 0.29) is 0 Å². The van der Waals surface area contributed by atoms with Crippen LogP contribution in [0.3, 0.4) is 0 Å². The number of rotatable bonds is 6. The summed E-state index contributed by atoms with van der Waals surface area (Å²) in [5.41, 5.74) is -4.64. The molecule has 0 radical (unpaired) electrons. The van der Waals surface area contributed by atoms with E-state index in [1.165, 1.54) is 12.1 Å². The maximum Gasteiger partial charge on any atom is 0.501 e. The van der Waals surface area contributed by atoms with Crippen LogP contribution in [0.2, 0.25) is 0 Å². The highest BCUT2D eigenvalue weighted by molar-refractivity contribution is 7.92. The van der Waals surface area contributed by atoms with E-state index < -0.39 is 20.2 Å². The molecule has 0 saturated heterocycles. The first-order chi connectivity index (χ1) is 9.20. The molecule has 0 amide bonds. The molecule has 0 aliphatic heterocycles. The van der Waals surface area contributed by atoms with Crippen molar-refractivity contribution in [1.82, 2.24) is 0 Å². The van der Waals surface area contributed by atoms with Gasteiger partial charge in [-0.25, -0.2) is 8.42 Å². The Morgan fingerprint density at radius 1 is 1.20 bits per heavy atom. The minimum absolute atomic E-state index is 0.574. The number of benzene rings is 1. The molecule has 8 heteroatoms. The summed E-state index contributed by atoms with van der Waals surface area (Å²) >= 11 is 0. The molecule has 1 aromatic carbocycles. The van der Waals surface area contributed by atoms with Gasteiger partial charge in [-0.3, -0.25) is 0 Å². The van der Waals surface area contributed by atoms with Crippen LogP contribution in [0, 0.1) is 0 Å². The van der Waals surface area contributed by atoms with E-state index in [0.29, 0.717) is 18.8 Å². The fourth-order valence-electron chi connectivity index (χ4n) is 1.59. The molecule has 0 atom stereocenters. The minimum Gasteiger partial charge on any atom is -0.385 e. The largest absolute Gasteiger partial charge is 0.501 e. The SMILES string of the molecule is COCCCN(C)c1ccc(S(=O)(=O)C(F)(F)F)cc1. The number of methoxy groups -OCH3 is 1. The molecule has 0 bridgehead atoms. The van der Waals surface area contributed by atoms with Crippen molar-refractivity contribution in [1.29, 1.82) is 0 Å². The van der Waals surface area contributed by atoms with E-state index in [0.717, 1.165) is 18.6 Å². The van der Waals surface area contributed by atoms with Crippen molar-refractivity contribution < 1.29 is 26.3 Å². The van der Waals surface area contributed by atoms with Crippen molar-refractivity contribution in [2.75, 3.05) is 32.2 Å². The van der Waals surface area contributed by atoms with Crippen LogP contribution in [0.5, 0.6) is 0 Å².